The fourth-order valence-electron chi connectivity index (χ4n) is 2.93. The number of amides is 1. The molecule has 0 aliphatic rings. The van der Waals surface area contributed by atoms with E-state index in [0.29, 0.717) is 16.8 Å². The van der Waals surface area contributed by atoms with Gasteiger partial charge in [0.1, 0.15) is 0 Å². The molecule has 1 amide bonds. The fourth-order valence-corrected chi connectivity index (χ4v) is 5.09. The third kappa shape index (κ3) is 4.68. The molecule has 0 spiro atoms. The van der Waals surface area contributed by atoms with E-state index >= 15 is 0 Å². The number of hydrogen-bond donors (Lipinski definition) is 2. The van der Waals surface area contributed by atoms with Crippen molar-refractivity contribution in [3.8, 4) is 0 Å². The summed E-state index contributed by atoms with van der Waals surface area (Å²) in [6.45, 7) is 0. The normalized spacial score (nSPS) is 11.3. The molecular weight excluding hydrogens is 432 g/mol. The lowest BCUT2D eigenvalue weighted by Gasteiger charge is -2.12. The number of nitrogens with zero attached hydrogens (tertiary/aromatic N) is 2. The molecule has 1 heterocycles. The number of anilines is 3. The highest BCUT2D eigenvalue weighted by Gasteiger charge is 2.16. The zero-order chi connectivity index (χ0) is 22.0. The number of aromatic nitrogens is 1. The molecule has 0 atom stereocenters. The predicted octanol–water partition coefficient (Wildman–Crippen LogP) is 4.42. The van der Waals surface area contributed by atoms with Crippen LogP contribution in [0.25, 0.3) is 10.2 Å². The Morgan fingerprint density at radius 1 is 0.968 bits per heavy atom. The largest absolute Gasteiger partial charge is 0.378 e. The van der Waals surface area contributed by atoms with E-state index in [1.54, 1.807) is 48.5 Å². The van der Waals surface area contributed by atoms with Crippen molar-refractivity contribution in [3.05, 3.63) is 78.4 Å². The highest BCUT2D eigenvalue weighted by molar-refractivity contribution is 7.93. The summed E-state index contributed by atoms with van der Waals surface area (Å²) in [4.78, 5) is 19.0. The number of hydrogen-bond acceptors (Lipinski definition) is 6. The van der Waals surface area contributed by atoms with E-state index in [4.69, 9.17) is 0 Å². The van der Waals surface area contributed by atoms with Crippen molar-refractivity contribution in [2.24, 2.45) is 0 Å². The molecule has 9 heteroatoms. The SMILES string of the molecule is CN(C)c1ccc(C(=O)Nc2ccc3nc(NS(=O)(=O)c4ccccc4)sc3c2)cc1. The van der Waals surface area contributed by atoms with Gasteiger partial charge < -0.3 is 10.2 Å². The maximum absolute atomic E-state index is 12.6. The summed E-state index contributed by atoms with van der Waals surface area (Å²) in [6.07, 6.45) is 0. The van der Waals surface area contributed by atoms with Crippen LogP contribution in [0.3, 0.4) is 0 Å². The minimum atomic E-state index is -3.71. The van der Waals surface area contributed by atoms with Crippen LogP contribution in [0.1, 0.15) is 10.4 Å². The minimum absolute atomic E-state index is 0.169. The van der Waals surface area contributed by atoms with Gasteiger partial charge in [0.2, 0.25) is 0 Å². The van der Waals surface area contributed by atoms with Crippen molar-refractivity contribution in [2.75, 3.05) is 29.0 Å². The van der Waals surface area contributed by atoms with Crippen molar-refractivity contribution in [1.29, 1.82) is 0 Å². The smallest absolute Gasteiger partial charge is 0.263 e. The maximum atomic E-state index is 12.6. The first-order valence-corrected chi connectivity index (χ1v) is 11.7. The minimum Gasteiger partial charge on any atom is -0.378 e. The number of sulfonamides is 1. The number of carbonyl (C=O) groups excluding carboxylic acids is 1. The molecule has 158 valence electrons. The lowest BCUT2D eigenvalue weighted by atomic mass is 10.2. The molecule has 0 saturated carbocycles. The van der Waals surface area contributed by atoms with Crippen LogP contribution in [0.2, 0.25) is 0 Å². The van der Waals surface area contributed by atoms with E-state index in [1.165, 1.54) is 23.5 Å². The highest BCUT2D eigenvalue weighted by atomic mass is 32.2. The second-order valence-electron chi connectivity index (χ2n) is 7.02. The van der Waals surface area contributed by atoms with Gasteiger partial charge in [0, 0.05) is 31.0 Å². The zero-order valence-corrected chi connectivity index (χ0v) is 18.5. The molecule has 1 aromatic heterocycles. The summed E-state index contributed by atoms with van der Waals surface area (Å²) in [5.41, 5.74) is 2.80. The zero-order valence-electron chi connectivity index (χ0n) is 16.9. The Morgan fingerprint density at radius 2 is 1.68 bits per heavy atom. The second kappa shape index (κ2) is 8.37. The first-order valence-electron chi connectivity index (χ1n) is 9.39. The van der Waals surface area contributed by atoms with Gasteiger partial charge in [0.15, 0.2) is 5.13 Å². The van der Waals surface area contributed by atoms with Gasteiger partial charge in [-0.15, -0.1) is 0 Å². The lowest BCUT2D eigenvalue weighted by Crippen LogP contribution is -2.13. The van der Waals surface area contributed by atoms with Gasteiger partial charge in [-0.05, 0) is 54.6 Å². The van der Waals surface area contributed by atoms with E-state index in [2.05, 4.69) is 15.0 Å². The predicted molar refractivity (Wildman–Crippen MR) is 126 cm³/mol. The van der Waals surface area contributed by atoms with Crippen molar-refractivity contribution in [2.45, 2.75) is 4.90 Å². The summed E-state index contributed by atoms with van der Waals surface area (Å²) in [5.74, 6) is -0.223. The first-order chi connectivity index (χ1) is 14.8. The van der Waals surface area contributed by atoms with Crippen molar-refractivity contribution < 1.29 is 13.2 Å². The molecule has 4 rings (SSSR count). The van der Waals surface area contributed by atoms with E-state index in [9.17, 15) is 13.2 Å². The Labute approximate surface area is 184 Å². The van der Waals surface area contributed by atoms with Gasteiger partial charge in [-0.1, -0.05) is 29.5 Å². The Bertz CT molecular complexity index is 1330. The molecule has 7 nitrogen and oxygen atoms in total. The molecule has 0 fully saturated rings. The average Bonchev–Trinajstić information content (AvgIpc) is 3.15. The topological polar surface area (TPSA) is 91.4 Å². The summed E-state index contributed by atoms with van der Waals surface area (Å²) >= 11 is 1.20. The third-order valence-corrected chi connectivity index (χ3v) is 6.99. The molecule has 0 aliphatic heterocycles. The number of benzene rings is 3. The van der Waals surface area contributed by atoms with Crippen LogP contribution in [-0.4, -0.2) is 33.4 Å². The Balaban J connectivity index is 1.51. The van der Waals surface area contributed by atoms with E-state index in [0.717, 1.165) is 10.4 Å². The molecule has 2 N–H and O–H groups in total. The lowest BCUT2D eigenvalue weighted by molar-refractivity contribution is 0.102. The van der Waals surface area contributed by atoms with Crippen LogP contribution in [0.4, 0.5) is 16.5 Å². The highest BCUT2D eigenvalue weighted by Crippen LogP contribution is 2.30. The van der Waals surface area contributed by atoms with Crippen LogP contribution < -0.4 is 14.9 Å². The molecule has 0 bridgehead atoms. The van der Waals surface area contributed by atoms with Gasteiger partial charge in [0.25, 0.3) is 15.9 Å². The molecule has 3 aromatic carbocycles. The number of nitrogens with one attached hydrogen (secondary N) is 2. The monoisotopic (exact) mass is 452 g/mol. The van der Waals surface area contributed by atoms with Gasteiger partial charge in [-0.25, -0.2) is 13.4 Å². The molecule has 0 unspecified atom stereocenters. The van der Waals surface area contributed by atoms with Gasteiger partial charge in [0.05, 0.1) is 15.1 Å². The molecule has 0 saturated heterocycles. The summed E-state index contributed by atoms with van der Waals surface area (Å²) in [7, 11) is 0.165. The third-order valence-electron chi connectivity index (χ3n) is 4.57. The second-order valence-corrected chi connectivity index (χ2v) is 9.73. The Kier molecular flexibility index (Phi) is 5.62. The van der Waals surface area contributed by atoms with Gasteiger partial charge in [-0.3, -0.25) is 9.52 Å². The van der Waals surface area contributed by atoms with Crippen LogP contribution in [0, 0.1) is 0 Å². The van der Waals surface area contributed by atoms with Crippen LogP contribution >= 0.6 is 11.3 Å². The molecule has 0 radical (unpaired) electrons. The van der Waals surface area contributed by atoms with Gasteiger partial charge in [-0.2, -0.15) is 0 Å². The molecular formula is C22H20N4O3S2. The number of fused-ring (bicyclic) bond motifs is 1. The summed E-state index contributed by atoms with van der Waals surface area (Å²) in [6, 6.07) is 20.7. The maximum Gasteiger partial charge on any atom is 0.263 e. The molecule has 0 aliphatic carbocycles. The van der Waals surface area contributed by atoms with E-state index in [1.807, 2.05) is 31.1 Å². The van der Waals surface area contributed by atoms with E-state index < -0.39 is 10.0 Å². The summed E-state index contributed by atoms with van der Waals surface area (Å²) < 4.78 is 28.3. The number of rotatable bonds is 6. The number of carbonyl (C=O) groups is 1. The fraction of sp³-hybridized carbons (Fsp3) is 0.0909. The number of thiazole rings is 1. The van der Waals surface area contributed by atoms with Crippen LogP contribution in [-0.2, 0) is 10.0 Å². The van der Waals surface area contributed by atoms with E-state index in [-0.39, 0.29) is 15.9 Å². The molecule has 4 aromatic rings. The molecule has 31 heavy (non-hydrogen) atoms. The van der Waals surface area contributed by atoms with Crippen LogP contribution in [0.5, 0.6) is 0 Å². The van der Waals surface area contributed by atoms with Crippen molar-refractivity contribution >= 4 is 54.0 Å². The Hall–Kier alpha value is -3.43. The van der Waals surface area contributed by atoms with Gasteiger partial charge >= 0.3 is 0 Å². The summed E-state index contributed by atoms with van der Waals surface area (Å²) in [5, 5.41) is 3.14. The average molecular weight is 453 g/mol. The first kappa shape index (κ1) is 20.8. The Morgan fingerprint density at radius 3 is 2.35 bits per heavy atom. The van der Waals surface area contributed by atoms with Crippen LogP contribution in [0.15, 0.2) is 77.7 Å². The van der Waals surface area contributed by atoms with Crippen molar-refractivity contribution in [1.82, 2.24) is 4.98 Å². The quantitative estimate of drug-likeness (QED) is 0.452. The van der Waals surface area contributed by atoms with Crippen molar-refractivity contribution in [3.63, 3.8) is 0 Å². The standard InChI is InChI=1S/C22H20N4O3S2/c1-26(2)17-11-8-15(9-12-17)21(27)23-16-10-13-19-20(14-16)30-22(24-19)25-31(28,29)18-6-4-3-5-7-18/h3-14H,1-2H3,(H,23,27)(H,24,25).